The van der Waals surface area contributed by atoms with Gasteiger partial charge in [-0.1, -0.05) is 18.2 Å². The van der Waals surface area contributed by atoms with Crippen LogP contribution in [-0.4, -0.2) is 19.7 Å². The number of hydrogen-bond acceptors (Lipinski definition) is 4. The van der Waals surface area contributed by atoms with Crippen LogP contribution in [0.1, 0.15) is 5.56 Å². The van der Waals surface area contributed by atoms with E-state index in [2.05, 4.69) is 10.1 Å². The Hall–Kier alpha value is -2.95. The first-order chi connectivity index (χ1) is 10.7. The van der Waals surface area contributed by atoms with E-state index in [0.29, 0.717) is 5.89 Å². The lowest BCUT2D eigenvalue weighted by molar-refractivity contribution is 0.616. The maximum Gasteiger partial charge on any atom is 0.246 e. The van der Waals surface area contributed by atoms with Crippen molar-refractivity contribution in [1.82, 2.24) is 19.7 Å². The van der Waals surface area contributed by atoms with Gasteiger partial charge in [0.15, 0.2) is 5.58 Å². The van der Waals surface area contributed by atoms with E-state index >= 15 is 0 Å². The third-order valence-electron chi connectivity index (χ3n) is 3.59. The molecule has 0 atom stereocenters. The van der Waals surface area contributed by atoms with Crippen molar-refractivity contribution >= 4 is 11.1 Å². The molecule has 1 aromatic carbocycles. The molecule has 108 valence electrons. The average molecular weight is 290 g/mol. The van der Waals surface area contributed by atoms with Gasteiger partial charge < -0.3 is 4.42 Å². The highest BCUT2D eigenvalue weighted by Crippen LogP contribution is 2.27. The van der Waals surface area contributed by atoms with Crippen LogP contribution >= 0.6 is 0 Å². The Balaban J connectivity index is 1.87. The topological polar surface area (TPSA) is 56.7 Å². The van der Waals surface area contributed by atoms with Gasteiger partial charge in [-0.3, -0.25) is 4.68 Å². The summed E-state index contributed by atoms with van der Waals surface area (Å²) in [5.74, 6) is 0.546. The molecule has 3 aromatic heterocycles. The van der Waals surface area contributed by atoms with Crippen molar-refractivity contribution in [2.45, 2.75) is 6.92 Å². The molecule has 0 amide bonds. The van der Waals surface area contributed by atoms with Crippen LogP contribution in [-0.2, 0) is 7.05 Å². The summed E-state index contributed by atoms with van der Waals surface area (Å²) in [4.78, 5) is 9.25. The minimum Gasteiger partial charge on any atom is -0.435 e. The normalized spacial score (nSPS) is 11.2. The number of oxazole rings is 1. The van der Waals surface area contributed by atoms with Gasteiger partial charge in [0.2, 0.25) is 5.89 Å². The summed E-state index contributed by atoms with van der Waals surface area (Å²) in [6.07, 6.45) is 3.74. The van der Waals surface area contributed by atoms with Crippen molar-refractivity contribution in [2.24, 2.45) is 7.05 Å². The molecular weight excluding hydrogens is 276 g/mol. The minimum absolute atomic E-state index is 0.546. The van der Waals surface area contributed by atoms with Crippen LogP contribution in [0.25, 0.3) is 33.9 Å². The second-order valence-electron chi connectivity index (χ2n) is 5.25. The highest BCUT2D eigenvalue weighted by Gasteiger charge is 2.13. The van der Waals surface area contributed by atoms with Crippen molar-refractivity contribution in [3.05, 3.63) is 54.4 Å². The number of fused-ring (bicyclic) bond motifs is 1. The first-order valence-electron chi connectivity index (χ1n) is 7.03. The Morgan fingerprint density at radius 2 is 1.91 bits per heavy atom. The number of aromatic nitrogens is 4. The van der Waals surface area contributed by atoms with E-state index in [1.165, 1.54) is 0 Å². The van der Waals surface area contributed by atoms with Crippen molar-refractivity contribution in [3.63, 3.8) is 0 Å². The van der Waals surface area contributed by atoms with Crippen LogP contribution < -0.4 is 0 Å². The Bertz CT molecular complexity index is 935. The van der Waals surface area contributed by atoms with Crippen molar-refractivity contribution in [3.8, 4) is 22.8 Å². The number of benzene rings is 1. The van der Waals surface area contributed by atoms with Crippen LogP contribution in [0, 0.1) is 6.92 Å². The molecule has 4 aromatic rings. The van der Waals surface area contributed by atoms with Gasteiger partial charge in [0.05, 0.1) is 11.9 Å². The Morgan fingerprint density at radius 3 is 2.68 bits per heavy atom. The minimum atomic E-state index is 0.546. The first-order valence-corrected chi connectivity index (χ1v) is 7.03. The number of nitrogens with zero attached hydrogens (tertiary/aromatic N) is 4. The van der Waals surface area contributed by atoms with E-state index in [1.807, 2.05) is 56.6 Å². The average Bonchev–Trinajstić information content (AvgIpc) is 3.13. The fraction of sp³-hybridized carbons (Fsp3) is 0.118. The van der Waals surface area contributed by atoms with Gasteiger partial charge in [0, 0.05) is 18.8 Å². The third kappa shape index (κ3) is 2.07. The molecule has 0 spiro atoms. The predicted molar refractivity (Wildman–Crippen MR) is 84.2 cm³/mol. The molecule has 0 saturated carbocycles. The summed E-state index contributed by atoms with van der Waals surface area (Å²) in [7, 11) is 1.89. The van der Waals surface area contributed by atoms with Crippen molar-refractivity contribution in [2.75, 3.05) is 0 Å². The highest BCUT2D eigenvalue weighted by molar-refractivity contribution is 5.76. The van der Waals surface area contributed by atoms with Gasteiger partial charge in [-0.2, -0.15) is 5.10 Å². The van der Waals surface area contributed by atoms with Crippen LogP contribution in [0.15, 0.2) is 53.2 Å². The molecule has 0 aliphatic rings. The van der Waals surface area contributed by atoms with Gasteiger partial charge >= 0.3 is 0 Å². The molecule has 0 aliphatic carbocycles. The highest BCUT2D eigenvalue weighted by atomic mass is 16.3. The number of rotatable bonds is 2. The van der Waals surface area contributed by atoms with E-state index in [0.717, 1.165) is 33.6 Å². The molecule has 0 unspecified atom stereocenters. The summed E-state index contributed by atoms with van der Waals surface area (Å²) >= 11 is 0. The molecule has 0 bridgehead atoms. The SMILES string of the molecule is Cc1ccc(-c2cnn(C)c2)nc1-c1nc2ccccc2o1. The zero-order valence-corrected chi connectivity index (χ0v) is 12.3. The summed E-state index contributed by atoms with van der Waals surface area (Å²) in [5.41, 5.74) is 5.23. The molecule has 0 aliphatic heterocycles. The molecule has 4 rings (SSSR count). The zero-order chi connectivity index (χ0) is 15.1. The molecule has 22 heavy (non-hydrogen) atoms. The Kier molecular flexibility index (Phi) is 2.79. The van der Waals surface area contributed by atoms with Gasteiger partial charge in [0.25, 0.3) is 0 Å². The van der Waals surface area contributed by atoms with E-state index in [1.54, 1.807) is 10.9 Å². The summed E-state index contributed by atoms with van der Waals surface area (Å²) in [5, 5.41) is 4.19. The lowest BCUT2D eigenvalue weighted by Crippen LogP contribution is -1.91. The monoisotopic (exact) mass is 290 g/mol. The zero-order valence-electron chi connectivity index (χ0n) is 12.3. The standard InChI is InChI=1S/C17H14N4O/c1-11-7-8-13(12-9-18-21(2)10-12)19-16(11)17-20-14-5-3-4-6-15(14)22-17/h3-10H,1-2H3. The van der Waals surface area contributed by atoms with Crippen LogP contribution in [0.3, 0.4) is 0 Å². The van der Waals surface area contributed by atoms with Crippen molar-refractivity contribution in [1.29, 1.82) is 0 Å². The fourth-order valence-corrected chi connectivity index (χ4v) is 2.43. The molecule has 3 heterocycles. The van der Waals surface area contributed by atoms with Gasteiger partial charge in [-0.05, 0) is 30.7 Å². The lowest BCUT2D eigenvalue weighted by Gasteiger charge is -2.03. The van der Waals surface area contributed by atoms with Crippen LogP contribution in [0.4, 0.5) is 0 Å². The molecule has 0 N–H and O–H groups in total. The molecule has 5 nitrogen and oxygen atoms in total. The summed E-state index contributed by atoms with van der Waals surface area (Å²) in [6.45, 7) is 2.00. The summed E-state index contributed by atoms with van der Waals surface area (Å²) in [6, 6.07) is 11.7. The molecule has 5 heteroatoms. The second-order valence-corrected chi connectivity index (χ2v) is 5.25. The maximum absolute atomic E-state index is 5.84. The lowest BCUT2D eigenvalue weighted by atomic mass is 10.1. The van der Waals surface area contributed by atoms with Gasteiger partial charge in [0.1, 0.15) is 11.2 Å². The first kappa shape index (κ1) is 12.8. The number of para-hydroxylation sites is 2. The number of pyridine rings is 1. The third-order valence-corrected chi connectivity index (χ3v) is 3.59. The molecular formula is C17H14N4O. The largest absolute Gasteiger partial charge is 0.435 e. The molecule has 0 saturated heterocycles. The van der Waals surface area contributed by atoms with E-state index in [9.17, 15) is 0 Å². The van der Waals surface area contributed by atoms with Gasteiger partial charge in [-0.15, -0.1) is 0 Å². The summed E-state index contributed by atoms with van der Waals surface area (Å²) < 4.78 is 7.60. The van der Waals surface area contributed by atoms with Crippen LogP contribution in [0.2, 0.25) is 0 Å². The molecule has 0 radical (unpaired) electrons. The number of aryl methyl sites for hydroxylation is 2. The van der Waals surface area contributed by atoms with Crippen LogP contribution in [0.5, 0.6) is 0 Å². The fourth-order valence-electron chi connectivity index (χ4n) is 2.43. The maximum atomic E-state index is 5.84. The second kappa shape index (κ2) is 4.80. The molecule has 0 fully saturated rings. The van der Waals surface area contributed by atoms with Crippen molar-refractivity contribution < 1.29 is 4.42 Å². The number of hydrogen-bond donors (Lipinski definition) is 0. The smallest absolute Gasteiger partial charge is 0.246 e. The van der Waals surface area contributed by atoms with E-state index < -0.39 is 0 Å². The predicted octanol–water partition coefficient (Wildman–Crippen LogP) is 3.60. The van der Waals surface area contributed by atoms with E-state index in [4.69, 9.17) is 9.40 Å². The van der Waals surface area contributed by atoms with E-state index in [-0.39, 0.29) is 0 Å². The Morgan fingerprint density at radius 1 is 1.05 bits per heavy atom. The Labute approximate surface area is 127 Å². The van der Waals surface area contributed by atoms with Gasteiger partial charge in [-0.25, -0.2) is 9.97 Å². The quantitative estimate of drug-likeness (QED) is 0.566.